The lowest BCUT2D eigenvalue weighted by Crippen LogP contribution is -2.20. The number of hydrogen-bond donors (Lipinski definition) is 1. The summed E-state index contributed by atoms with van der Waals surface area (Å²) in [5, 5.41) is 3.55. The number of nitrogens with one attached hydrogen (secondary N) is 1. The molecule has 1 rings (SSSR count). The maximum Gasteiger partial charge on any atom is 0.124 e. The van der Waals surface area contributed by atoms with E-state index in [1.54, 1.807) is 7.11 Å². The lowest BCUT2D eigenvalue weighted by Gasteiger charge is -2.20. The van der Waals surface area contributed by atoms with Crippen LogP contribution in [0.25, 0.3) is 0 Å². The van der Waals surface area contributed by atoms with E-state index in [9.17, 15) is 0 Å². The molecular formula is C15H25NOS. The van der Waals surface area contributed by atoms with Gasteiger partial charge in [-0.1, -0.05) is 19.9 Å². The summed E-state index contributed by atoms with van der Waals surface area (Å²) in [7, 11) is 1.75. The number of rotatable bonds is 8. The zero-order valence-corrected chi connectivity index (χ0v) is 12.8. The number of ether oxygens (including phenoxy) is 1. The summed E-state index contributed by atoms with van der Waals surface area (Å²) in [6.45, 7) is 7.65. The molecule has 1 N–H and O–H groups in total. The molecule has 0 aliphatic carbocycles. The van der Waals surface area contributed by atoms with Crippen LogP contribution in [0, 0.1) is 0 Å². The molecular weight excluding hydrogens is 242 g/mol. The van der Waals surface area contributed by atoms with Crippen molar-refractivity contribution in [3.05, 3.63) is 23.8 Å². The van der Waals surface area contributed by atoms with Crippen molar-refractivity contribution in [2.24, 2.45) is 0 Å². The van der Waals surface area contributed by atoms with Crippen molar-refractivity contribution in [1.29, 1.82) is 0 Å². The monoisotopic (exact) mass is 267 g/mol. The normalized spacial score (nSPS) is 12.4. The number of benzene rings is 1. The van der Waals surface area contributed by atoms with Gasteiger partial charge in [0, 0.05) is 16.5 Å². The molecule has 0 saturated heterocycles. The topological polar surface area (TPSA) is 21.3 Å². The fraction of sp³-hybridized carbons (Fsp3) is 0.600. The van der Waals surface area contributed by atoms with Crippen molar-refractivity contribution in [2.45, 2.75) is 44.6 Å². The predicted octanol–water partition coefficient (Wildman–Crippen LogP) is 4.26. The minimum Gasteiger partial charge on any atom is -0.496 e. The Hall–Kier alpha value is -0.670. The van der Waals surface area contributed by atoms with E-state index in [0.29, 0.717) is 6.04 Å². The summed E-state index contributed by atoms with van der Waals surface area (Å²) in [4.78, 5) is 1.34. The van der Waals surface area contributed by atoms with Crippen molar-refractivity contribution in [3.63, 3.8) is 0 Å². The van der Waals surface area contributed by atoms with E-state index >= 15 is 0 Å². The largest absolute Gasteiger partial charge is 0.496 e. The predicted molar refractivity (Wildman–Crippen MR) is 80.7 cm³/mol. The third-order valence-corrected chi connectivity index (χ3v) is 4.12. The highest BCUT2D eigenvalue weighted by Crippen LogP contribution is 2.35. The van der Waals surface area contributed by atoms with Crippen LogP contribution in [0.15, 0.2) is 23.1 Å². The van der Waals surface area contributed by atoms with Gasteiger partial charge in [0.1, 0.15) is 5.75 Å². The van der Waals surface area contributed by atoms with Gasteiger partial charge in [0.15, 0.2) is 0 Å². The van der Waals surface area contributed by atoms with E-state index in [1.165, 1.54) is 16.9 Å². The van der Waals surface area contributed by atoms with Crippen LogP contribution in [0.2, 0.25) is 0 Å². The van der Waals surface area contributed by atoms with E-state index < -0.39 is 0 Å². The summed E-state index contributed by atoms with van der Waals surface area (Å²) >= 11 is 1.92. The highest BCUT2D eigenvalue weighted by molar-refractivity contribution is 7.99. The Morgan fingerprint density at radius 3 is 2.67 bits per heavy atom. The molecule has 1 aromatic rings. The van der Waals surface area contributed by atoms with Crippen LogP contribution in [-0.4, -0.2) is 19.4 Å². The summed E-state index contributed by atoms with van der Waals surface area (Å²) in [5.41, 5.74) is 1.30. The first-order chi connectivity index (χ1) is 8.74. The minimum atomic E-state index is 0.334. The van der Waals surface area contributed by atoms with Gasteiger partial charge in [-0.3, -0.25) is 0 Å². The smallest absolute Gasteiger partial charge is 0.124 e. The van der Waals surface area contributed by atoms with Crippen LogP contribution in [-0.2, 0) is 0 Å². The van der Waals surface area contributed by atoms with Crippen molar-refractivity contribution >= 4 is 11.8 Å². The summed E-state index contributed by atoms with van der Waals surface area (Å²) in [5.74, 6) is 2.15. The minimum absolute atomic E-state index is 0.334. The van der Waals surface area contributed by atoms with Gasteiger partial charge in [0.25, 0.3) is 0 Å². The fourth-order valence-electron chi connectivity index (χ4n) is 1.93. The highest BCUT2D eigenvalue weighted by Gasteiger charge is 2.15. The quantitative estimate of drug-likeness (QED) is 0.711. The van der Waals surface area contributed by atoms with E-state index in [4.69, 9.17) is 4.74 Å². The molecule has 0 amide bonds. The Labute approximate surface area is 116 Å². The van der Waals surface area contributed by atoms with Crippen molar-refractivity contribution in [3.8, 4) is 5.75 Å². The molecule has 1 aromatic carbocycles. The number of hydrogen-bond acceptors (Lipinski definition) is 3. The first kappa shape index (κ1) is 15.4. The molecule has 2 nitrogen and oxygen atoms in total. The molecule has 1 unspecified atom stereocenters. The Balaban J connectivity index is 2.94. The van der Waals surface area contributed by atoms with Gasteiger partial charge in [-0.2, -0.15) is 0 Å². The second-order valence-corrected chi connectivity index (χ2v) is 5.53. The average Bonchev–Trinajstić information content (AvgIpc) is 2.41. The first-order valence-corrected chi connectivity index (χ1v) is 7.76. The standard InChI is InChI=1S/C15H25NOS/c1-5-10-16-12(3)15-13(17-4)8-7-9-14(15)18-11-6-2/h7-9,12,16H,5-6,10-11H2,1-4H3. The molecule has 3 heteroatoms. The summed E-state index contributed by atoms with van der Waals surface area (Å²) in [6, 6.07) is 6.66. The van der Waals surface area contributed by atoms with Gasteiger partial charge in [-0.25, -0.2) is 0 Å². The van der Waals surface area contributed by atoms with Gasteiger partial charge in [-0.15, -0.1) is 11.8 Å². The average molecular weight is 267 g/mol. The molecule has 0 bridgehead atoms. The van der Waals surface area contributed by atoms with Gasteiger partial charge in [0.2, 0.25) is 0 Å². The Bertz CT molecular complexity index is 354. The van der Waals surface area contributed by atoms with Crippen molar-refractivity contribution in [2.75, 3.05) is 19.4 Å². The van der Waals surface area contributed by atoms with Crippen LogP contribution < -0.4 is 10.1 Å². The Morgan fingerprint density at radius 1 is 1.28 bits per heavy atom. The fourth-order valence-corrected chi connectivity index (χ4v) is 2.96. The molecule has 0 saturated carbocycles. The second-order valence-electron chi connectivity index (χ2n) is 4.40. The SMILES string of the molecule is CCCNC(C)c1c(OC)cccc1SCCC. The van der Waals surface area contributed by atoms with E-state index in [-0.39, 0.29) is 0 Å². The van der Waals surface area contributed by atoms with Crippen LogP contribution in [0.1, 0.15) is 45.2 Å². The zero-order valence-electron chi connectivity index (χ0n) is 12.0. The lowest BCUT2D eigenvalue weighted by atomic mass is 10.1. The lowest BCUT2D eigenvalue weighted by molar-refractivity contribution is 0.399. The van der Waals surface area contributed by atoms with E-state index in [2.05, 4.69) is 44.3 Å². The number of thioether (sulfide) groups is 1. The van der Waals surface area contributed by atoms with Crippen LogP contribution in [0.4, 0.5) is 0 Å². The van der Waals surface area contributed by atoms with Crippen molar-refractivity contribution in [1.82, 2.24) is 5.32 Å². The van der Waals surface area contributed by atoms with Gasteiger partial charge in [0.05, 0.1) is 7.11 Å². The van der Waals surface area contributed by atoms with Crippen molar-refractivity contribution < 1.29 is 4.74 Å². The third-order valence-electron chi connectivity index (χ3n) is 2.84. The third kappa shape index (κ3) is 4.21. The molecule has 0 aliphatic rings. The molecule has 0 heterocycles. The first-order valence-electron chi connectivity index (χ1n) is 6.77. The van der Waals surface area contributed by atoms with E-state index in [0.717, 1.165) is 24.5 Å². The highest BCUT2D eigenvalue weighted by atomic mass is 32.2. The van der Waals surface area contributed by atoms with Gasteiger partial charge >= 0.3 is 0 Å². The van der Waals surface area contributed by atoms with Crippen LogP contribution in [0.5, 0.6) is 5.75 Å². The van der Waals surface area contributed by atoms with Gasteiger partial charge in [-0.05, 0) is 44.2 Å². The van der Waals surface area contributed by atoms with Crippen LogP contribution in [0.3, 0.4) is 0 Å². The number of methoxy groups -OCH3 is 1. The Morgan fingerprint density at radius 2 is 2.06 bits per heavy atom. The maximum absolute atomic E-state index is 5.51. The summed E-state index contributed by atoms with van der Waals surface area (Å²) < 4.78 is 5.51. The molecule has 0 aliphatic heterocycles. The van der Waals surface area contributed by atoms with Crippen LogP contribution >= 0.6 is 11.8 Å². The molecule has 18 heavy (non-hydrogen) atoms. The Kier molecular flexibility index (Phi) is 7.21. The molecule has 0 spiro atoms. The summed E-state index contributed by atoms with van der Waals surface area (Å²) in [6.07, 6.45) is 2.34. The maximum atomic E-state index is 5.51. The van der Waals surface area contributed by atoms with Gasteiger partial charge < -0.3 is 10.1 Å². The molecule has 102 valence electrons. The molecule has 0 radical (unpaired) electrons. The second kappa shape index (κ2) is 8.44. The molecule has 0 aromatic heterocycles. The van der Waals surface area contributed by atoms with E-state index in [1.807, 2.05) is 11.8 Å². The zero-order chi connectivity index (χ0) is 13.4. The molecule has 0 fully saturated rings. The molecule has 1 atom stereocenters.